The first-order valence-corrected chi connectivity index (χ1v) is 7.54. The maximum Gasteiger partial charge on any atom is 0.213 e. The summed E-state index contributed by atoms with van der Waals surface area (Å²) in [6.45, 7) is 4.60. The van der Waals surface area contributed by atoms with Gasteiger partial charge in [0.15, 0.2) is 0 Å². The van der Waals surface area contributed by atoms with Gasteiger partial charge in [-0.2, -0.15) is 0 Å². The monoisotopic (exact) mass is 249 g/mol. The molecule has 0 heterocycles. The van der Waals surface area contributed by atoms with Gasteiger partial charge in [-0.15, -0.1) is 0 Å². The zero-order valence-electron chi connectivity index (χ0n) is 10.4. The molecule has 0 unspecified atom stereocenters. The molecule has 0 aromatic heterocycles. The van der Waals surface area contributed by atoms with E-state index in [1.807, 2.05) is 13.8 Å². The molecule has 5 heteroatoms. The third kappa shape index (κ3) is 4.03. The second-order valence-corrected chi connectivity index (χ2v) is 7.47. The first-order valence-electron chi connectivity index (χ1n) is 5.93. The van der Waals surface area contributed by atoms with Crippen LogP contribution in [0.15, 0.2) is 0 Å². The number of sulfonamides is 1. The number of aliphatic hydroxyl groups excluding tert-OH is 1. The fourth-order valence-corrected chi connectivity index (χ4v) is 3.39. The summed E-state index contributed by atoms with van der Waals surface area (Å²) in [5.41, 5.74) is 0. The lowest BCUT2D eigenvalue weighted by atomic mass is 9.82. The molecule has 0 bridgehead atoms. The van der Waals surface area contributed by atoms with Crippen molar-refractivity contribution in [3.63, 3.8) is 0 Å². The van der Waals surface area contributed by atoms with E-state index in [2.05, 4.69) is 0 Å². The van der Waals surface area contributed by atoms with E-state index in [1.54, 1.807) is 7.05 Å². The maximum atomic E-state index is 11.9. The predicted molar refractivity (Wildman–Crippen MR) is 64.6 cm³/mol. The molecule has 4 nitrogen and oxygen atoms in total. The Labute approximate surface area is 98.7 Å². The highest BCUT2D eigenvalue weighted by Crippen LogP contribution is 2.28. The Bertz CT molecular complexity index is 307. The van der Waals surface area contributed by atoms with Crippen LogP contribution in [0.1, 0.15) is 33.1 Å². The first kappa shape index (κ1) is 13.9. The van der Waals surface area contributed by atoms with E-state index < -0.39 is 10.0 Å². The van der Waals surface area contributed by atoms with E-state index >= 15 is 0 Å². The van der Waals surface area contributed by atoms with Crippen LogP contribution in [0, 0.1) is 11.8 Å². The van der Waals surface area contributed by atoms with E-state index in [1.165, 1.54) is 4.31 Å². The quantitative estimate of drug-likeness (QED) is 0.766. The topological polar surface area (TPSA) is 57.6 Å². The average Bonchev–Trinajstić information content (AvgIpc) is 2.12. The van der Waals surface area contributed by atoms with Crippen LogP contribution >= 0.6 is 0 Å². The zero-order chi connectivity index (χ0) is 12.3. The van der Waals surface area contributed by atoms with Crippen LogP contribution in [0.25, 0.3) is 0 Å². The van der Waals surface area contributed by atoms with Crippen LogP contribution in [0.2, 0.25) is 0 Å². The van der Waals surface area contributed by atoms with Gasteiger partial charge >= 0.3 is 0 Å². The summed E-state index contributed by atoms with van der Waals surface area (Å²) in [5, 5.41) is 9.14. The molecule has 0 saturated heterocycles. The third-order valence-corrected chi connectivity index (χ3v) is 5.00. The largest absolute Gasteiger partial charge is 0.393 e. The molecule has 0 amide bonds. The number of hydrogen-bond acceptors (Lipinski definition) is 3. The Morgan fingerprint density at radius 1 is 1.38 bits per heavy atom. The highest BCUT2D eigenvalue weighted by molar-refractivity contribution is 7.89. The molecule has 1 rings (SSSR count). The summed E-state index contributed by atoms with van der Waals surface area (Å²) < 4.78 is 25.2. The molecule has 0 aromatic carbocycles. The summed E-state index contributed by atoms with van der Waals surface area (Å²) in [7, 11) is -1.45. The molecule has 0 aromatic rings. The smallest absolute Gasteiger partial charge is 0.213 e. The van der Waals surface area contributed by atoms with Crippen molar-refractivity contribution in [3.05, 3.63) is 0 Å². The van der Waals surface area contributed by atoms with Gasteiger partial charge in [0.2, 0.25) is 10.0 Å². The molecule has 0 spiro atoms. The number of aliphatic hydroxyl groups is 1. The van der Waals surface area contributed by atoms with E-state index in [4.69, 9.17) is 5.11 Å². The van der Waals surface area contributed by atoms with Crippen molar-refractivity contribution < 1.29 is 13.5 Å². The summed E-state index contributed by atoms with van der Waals surface area (Å²) in [4.78, 5) is 0. The second kappa shape index (κ2) is 5.47. The summed E-state index contributed by atoms with van der Waals surface area (Å²) in [5.74, 6) is 0.985. The van der Waals surface area contributed by atoms with Crippen LogP contribution in [0.4, 0.5) is 0 Å². The van der Waals surface area contributed by atoms with Gasteiger partial charge in [0.05, 0.1) is 11.9 Å². The average molecular weight is 249 g/mol. The van der Waals surface area contributed by atoms with Crippen LogP contribution in [-0.4, -0.2) is 43.3 Å². The molecular formula is C11H23NO3S. The minimum absolute atomic E-state index is 0.211. The van der Waals surface area contributed by atoms with Crippen molar-refractivity contribution in [1.82, 2.24) is 4.31 Å². The zero-order valence-corrected chi connectivity index (χ0v) is 11.2. The predicted octanol–water partition coefficient (Wildman–Crippen LogP) is 1.06. The van der Waals surface area contributed by atoms with Crippen molar-refractivity contribution in [3.8, 4) is 0 Å². The van der Waals surface area contributed by atoms with Gasteiger partial charge in [0.25, 0.3) is 0 Å². The molecule has 1 fully saturated rings. The molecule has 0 atom stereocenters. The minimum atomic E-state index is -3.09. The first-order chi connectivity index (χ1) is 7.31. The molecule has 1 N–H and O–H groups in total. The fraction of sp³-hybridized carbons (Fsp3) is 1.00. The van der Waals surface area contributed by atoms with E-state index in [-0.39, 0.29) is 11.9 Å². The molecule has 1 saturated carbocycles. The van der Waals surface area contributed by atoms with Gasteiger partial charge in [-0.25, -0.2) is 12.7 Å². The van der Waals surface area contributed by atoms with Crippen LogP contribution in [0.3, 0.4) is 0 Å². The van der Waals surface area contributed by atoms with Gasteiger partial charge in [0.1, 0.15) is 0 Å². The number of nitrogens with zero attached hydrogens (tertiary/aromatic N) is 1. The highest BCUT2D eigenvalue weighted by atomic mass is 32.2. The van der Waals surface area contributed by atoms with E-state index in [0.29, 0.717) is 24.8 Å². The Morgan fingerprint density at radius 3 is 2.38 bits per heavy atom. The van der Waals surface area contributed by atoms with Crippen molar-refractivity contribution in [2.75, 3.05) is 19.3 Å². The van der Waals surface area contributed by atoms with Crippen LogP contribution in [0.5, 0.6) is 0 Å². The standard InChI is InChI=1S/C11H23NO3S/c1-9(2)4-5-16(14,15)12(3)8-10-6-11(13)7-10/h9-11,13H,4-8H2,1-3H3. The van der Waals surface area contributed by atoms with E-state index in [0.717, 1.165) is 12.8 Å². The molecule has 16 heavy (non-hydrogen) atoms. The second-order valence-electron chi connectivity index (χ2n) is 5.27. The number of hydrogen-bond donors (Lipinski definition) is 1. The lowest BCUT2D eigenvalue weighted by Gasteiger charge is -2.34. The van der Waals surface area contributed by atoms with Crippen LogP contribution in [-0.2, 0) is 10.0 Å². The Hall–Kier alpha value is -0.130. The van der Waals surface area contributed by atoms with Crippen LogP contribution < -0.4 is 0 Å². The summed E-state index contributed by atoms with van der Waals surface area (Å²) in [6.07, 6.45) is 1.98. The van der Waals surface area contributed by atoms with Gasteiger partial charge in [-0.1, -0.05) is 13.8 Å². The molecule has 0 radical (unpaired) electrons. The van der Waals surface area contributed by atoms with Crippen molar-refractivity contribution in [2.24, 2.45) is 11.8 Å². The lowest BCUT2D eigenvalue weighted by Crippen LogP contribution is -2.40. The van der Waals surface area contributed by atoms with Gasteiger partial charge in [-0.3, -0.25) is 0 Å². The third-order valence-electron chi connectivity index (χ3n) is 3.15. The van der Waals surface area contributed by atoms with Gasteiger partial charge < -0.3 is 5.11 Å². The molecule has 1 aliphatic carbocycles. The molecule has 0 aliphatic heterocycles. The van der Waals surface area contributed by atoms with Gasteiger partial charge in [0, 0.05) is 13.6 Å². The maximum absolute atomic E-state index is 11.9. The van der Waals surface area contributed by atoms with Crippen molar-refractivity contribution >= 4 is 10.0 Å². The highest BCUT2D eigenvalue weighted by Gasteiger charge is 2.30. The molecular weight excluding hydrogens is 226 g/mol. The Balaban J connectivity index is 2.36. The summed E-state index contributed by atoms with van der Waals surface area (Å²) >= 11 is 0. The molecule has 1 aliphatic rings. The number of rotatable bonds is 6. The fourth-order valence-electron chi connectivity index (χ4n) is 1.87. The normalized spacial score (nSPS) is 26.1. The van der Waals surface area contributed by atoms with E-state index in [9.17, 15) is 8.42 Å². The van der Waals surface area contributed by atoms with Gasteiger partial charge in [-0.05, 0) is 31.1 Å². The lowest BCUT2D eigenvalue weighted by molar-refractivity contribution is 0.0367. The molecule has 96 valence electrons. The minimum Gasteiger partial charge on any atom is -0.393 e. The Morgan fingerprint density at radius 2 is 1.94 bits per heavy atom. The summed E-state index contributed by atoms with van der Waals surface area (Å²) in [6, 6.07) is 0. The van der Waals surface area contributed by atoms with Crippen molar-refractivity contribution in [2.45, 2.75) is 39.2 Å². The SMILES string of the molecule is CC(C)CCS(=O)(=O)N(C)CC1CC(O)C1. The van der Waals surface area contributed by atoms with Crippen molar-refractivity contribution in [1.29, 1.82) is 0 Å². The Kier molecular flexibility index (Phi) is 4.76.